The number of amides is 1. The van der Waals surface area contributed by atoms with Crippen LogP contribution >= 0.6 is 0 Å². The van der Waals surface area contributed by atoms with E-state index in [0.29, 0.717) is 28.3 Å². The van der Waals surface area contributed by atoms with Crippen LogP contribution in [0.5, 0.6) is 11.5 Å². The van der Waals surface area contributed by atoms with Crippen molar-refractivity contribution < 1.29 is 27.5 Å². The normalized spacial score (nSPS) is 14.2. The summed E-state index contributed by atoms with van der Waals surface area (Å²) in [5.74, 6) is 0.219. The lowest BCUT2D eigenvalue weighted by atomic mass is 10.0. The molecule has 0 spiro atoms. The van der Waals surface area contributed by atoms with Gasteiger partial charge in [-0.2, -0.15) is 0 Å². The highest BCUT2D eigenvalue weighted by Crippen LogP contribution is 2.44. The number of carbonyl (C=O) groups excluding carboxylic acids is 1. The lowest BCUT2D eigenvalue weighted by Crippen LogP contribution is -2.25. The third-order valence-corrected chi connectivity index (χ3v) is 4.02. The molecule has 3 heterocycles. The Morgan fingerprint density at radius 3 is 2.48 bits per heavy atom. The molecule has 1 aromatic carbocycles. The minimum absolute atomic E-state index is 0.0129. The topological polar surface area (TPSA) is 86.5 Å². The van der Waals surface area contributed by atoms with E-state index >= 15 is 0 Å². The van der Waals surface area contributed by atoms with Crippen LogP contribution in [0.15, 0.2) is 41.3 Å². The van der Waals surface area contributed by atoms with Crippen LogP contribution in [0.3, 0.4) is 0 Å². The molecule has 1 amide bonds. The number of aromatic nitrogens is 2. The number of rotatable bonds is 3. The molecule has 1 aliphatic rings. The highest BCUT2D eigenvalue weighted by atomic mass is 19.3. The van der Waals surface area contributed by atoms with E-state index in [1.54, 1.807) is 26.0 Å². The Labute approximate surface area is 152 Å². The summed E-state index contributed by atoms with van der Waals surface area (Å²) in [5.41, 5.74) is 2.22. The zero-order chi connectivity index (χ0) is 19.2. The Morgan fingerprint density at radius 2 is 1.85 bits per heavy atom. The summed E-state index contributed by atoms with van der Waals surface area (Å²) in [6, 6.07) is 6.26. The molecule has 0 fully saturated rings. The molecule has 9 heteroatoms. The summed E-state index contributed by atoms with van der Waals surface area (Å²) in [7, 11) is 0. The Kier molecular flexibility index (Phi) is 3.79. The third kappa shape index (κ3) is 3.19. The van der Waals surface area contributed by atoms with Gasteiger partial charge < -0.3 is 19.2 Å². The fourth-order valence-electron chi connectivity index (χ4n) is 2.73. The van der Waals surface area contributed by atoms with Crippen LogP contribution in [0.1, 0.15) is 21.8 Å². The van der Waals surface area contributed by atoms with E-state index in [1.165, 1.54) is 24.7 Å². The number of aryl methyl sites for hydroxylation is 2. The monoisotopic (exact) mass is 373 g/mol. The molecule has 27 heavy (non-hydrogen) atoms. The molecule has 2 aromatic heterocycles. The van der Waals surface area contributed by atoms with Crippen LogP contribution in [0.4, 0.5) is 14.6 Å². The first kappa shape index (κ1) is 17.0. The molecular formula is C18H13F2N3O4. The molecule has 0 saturated carbocycles. The number of benzene rings is 1. The Balaban J connectivity index is 1.57. The lowest BCUT2D eigenvalue weighted by Gasteiger charge is -2.08. The zero-order valence-corrected chi connectivity index (χ0v) is 14.2. The predicted molar refractivity (Wildman–Crippen MR) is 89.8 cm³/mol. The van der Waals surface area contributed by atoms with Crippen molar-refractivity contribution in [3.8, 4) is 22.6 Å². The standard InChI is InChI=1S/C18H13F2N3O4/c1-9-5-13-14(27-18(19,20)26-13)6-12(9)11-3-4-15(21-7-11)23-17(24)16-10(2)25-8-22-16/h3-8H,1-2H3,(H,21,23,24). The van der Waals surface area contributed by atoms with Crippen molar-refractivity contribution >= 4 is 11.7 Å². The minimum atomic E-state index is -3.67. The van der Waals surface area contributed by atoms with Gasteiger partial charge in [-0.15, -0.1) is 8.78 Å². The molecule has 4 rings (SSSR count). The van der Waals surface area contributed by atoms with Crippen molar-refractivity contribution in [2.75, 3.05) is 5.32 Å². The highest BCUT2D eigenvalue weighted by Gasteiger charge is 2.43. The van der Waals surface area contributed by atoms with Crippen molar-refractivity contribution in [3.05, 3.63) is 53.9 Å². The van der Waals surface area contributed by atoms with E-state index < -0.39 is 12.2 Å². The lowest BCUT2D eigenvalue weighted by molar-refractivity contribution is -0.286. The van der Waals surface area contributed by atoms with Crippen molar-refractivity contribution in [1.29, 1.82) is 0 Å². The van der Waals surface area contributed by atoms with Crippen LogP contribution in [-0.4, -0.2) is 22.2 Å². The van der Waals surface area contributed by atoms with Gasteiger partial charge in [-0.25, -0.2) is 9.97 Å². The predicted octanol–water partition coefficient (Wildman–Crippen LogP) is 3.93. The second kappa shape index (κ2) is 6.04. The van der Waals surface area contributed by atoms with E-state index in [4.69, 9.17) is 4.42 Å². The molecule has 0 bridgehead atoms. The van der Waals surface area contributed by atoms with Gasteiger partial charge in [0.15, 0.2) is 23.6 Å². The van der Waals surface area contributed by atoms with Gasteiger partial charge in [0.25, 0.3) is 5.91 Å². The number of ether oxygens (including phenoxy) is 2. The van der Waals surface area contributed by atoms with Crippen LogP contribution in [0.2, 0.25) is 0 Å². The number of pyridine rings is 1. The van der Waals surface area contributed by atoms with Crippen LogP contribution in [0.25, 0.3) is 11.1 Å². The molecule has 0 radical (unpaired) electrons. The van der Waals surface area contributed by atoms with E-state index in [0.717, 1.165) is 0 Å². The molecule has 1 aliphatic heterocycles. The molecule has 138 valence electrons. The molecule has 3 aromatic rings. The summed E-state index contributed by atoms with van der Waals surface area (Å²) in [6.45, 7) is 3.39. The van der Waals surface area contributed by atoms with Crippen LogP contribution < -0.4 is 14.8 Å². The average Bonchev–Trinajstić information content (AvgIpc) is 3.16. The number of halogens is 2. The quantitative estimate of drug-likeness (QED) is 0.749. The number of alkyl halides is 2. The van der Waals surface area contributed by atoms with Gasteiger partial charge >= 0.3 is 6.29 Å². The number of nitrogens with one attached hydrogen (secondary N) is 1. The Hall–Kier alpha value is -3.49. The highest BCUT2D eigenvalue weighted by molar-refractivity contribution is 6.02. The summed E-state index contributed by atoms with van der Waals surface area (Å²) in [6.07, 6.45) is -0.959. The second-order valence-electron chi connectivity index (χ2n) is 5.92. The summed E-state index contributed by atoms with van der Waals surface area (Å²) in [4.78, 5) is 20.1. The molecule has 1 N–H and O–H groups in total. The maximum atomic E-state index is 13.2. The number of oxazole rings is 1. The Bertz CT molecular complexity index is 1030. The van der Waals surface area contributed by atoms with Gasteiger partial charge in [0, 0.05) is 11.8 Å². The van der Waals surface area contributed by atoms with Gasteiger partial charge in [0.2, 0.25) is 0 Å². The van der Waals surface area contributed by atoms with Gasteiger partial charge in [-0.3, -0.25) is 4.79 Å². The van der Waals surface area contributed by atoms with Gasteiger partial charge in [0.05, 0.1) is 0 Å². The van der Waals surface area contributed by atoms with Crippen molar-refractivity contribution in [2.45, 2.75) is 20.1 Å². The largest absolute Gasteiger partial charge is 0.586 e. The SMILES string of the molecule is Cc1cc2c(cc1-c1ccc(NC(=O)c3ncoc3C)nc1)OC(F)(F)O2. The first-order chi connectivity index (χ1) is 12.8. The first-order valence-electron chi connectivity index (χ1n) is 7.91. The number of nitrogens with zero attached hydrogens (tertiary/aromatic N) is 2. The zero-order valence-electron chi connectivity index (χ0n) is 14.2. The van der Waals surface area contributed by atoms with Crippen molar-refractivity contribution in [1.82, 2.24) is 9.97 Å². The number of fused-ring (bicyclic) bond motifs is 1. The van der Waals surface area contributed by atoms with Gasteiger partial charge in [-0.1, -0.05) is 0 Å². The number of hydrogen-bond acceptors (Lipinski definition) is 6. The fraction of sp³-hybridized carbons (Fsp3) is 0.167. The van der Waals surface area contributed by atoms with Gasteiger partial charge in [0.1, 0.15) is 11.6 Å². The summed E-state index contributed by atoms with van der Waals surface area (Å²) < 4.78 is 40.4. The summed E-state index contributed by atoms with van der Waals surface area (Å²) in [5, 5.41) is 2.61. The maximum absolute atomic E-state index is 13.2. The van der Waals surface area contributed by atoms with E-state index in [2.05, 4.69) is 24.8 Å². The first-order valence-corrected chi connectivity index (χ1v) is 7.91. The fourth-order valence-corrected chi connectivity index (χ4v) is 2.73. The number of hydrogen-bond donors (Lipinski definition) is 1. The maximum Gasteiger partial charge on any atom is 0.586 e. The van der Waals surface area contributed by atoms with E-state index in [9.17, 15) is 13.6 Å². The van der Waals surface area contributed by atoms with Crippen LogP contribution in [0, 0.1) is 13.8 Å². The molecule has 0 aliphatic carbocycles. The van der Waals surface area contributed by atoms with Crippen molar-refractivity contribution in [2.24, 2.45) is 0 Å². The van der Waals surface area contributed by atoms with Crippen molar-refractivity contribution in [3.63, 3.8) is 0 Å². The summed E-state index contributed by atoms with van der Waals surface area (Å²) >= 11 is 0. The van der Waals surface area contributed by atoms with E-state index in [-0.39, 0.29) is 17.2 Å². The minimum Gasteiger partial charge on any atom is -0.448 e. The molecule has 0 saturated heterocycles. The number of anilines is 1. The average molecular weight is 373 g/mol. The van der Waals surface area contributed by atoms with Gasteiger partial charge in [-0.05, 0) is 49.2 Å². The smallest absolute Gasteiger partial charge is 0.448 e. The third-order valence-electron chi connectivity index (χ3n) is 4.02. The molecule has 0 atom stereocenters. The second-order valence-corrected chi connectivity index (χ2v) is 5.92. The molecule has 0 unspecified atom stereocenters. The Morgan fingerprint density at radius 1 is 1.11 bits per heavy atom. The molecular weight excluding hydrogens is 360 g/mol. The van der Waals surface area contributed by atoms with Crippen LogP contribution in [-0.2, 0) is 0 Å². The van der Waals surface area contributed by atoms with E-state index in [1.807, 2.05) is 0 Å². The number of carbonyl (C=O) groups is 1. The molecule has 7 nitrogen and oxygen atoms in total.